The Morgan fingerprint density at radius 2 is 1.60 bits per heavy atom. The number of rotatable bonds is 19. The van der Waals surface area contributed by atoms with Crippen LogP contribution in [-0.4, -0.2) is 83.4 Å². The number of hydrogen-bond acceptors (Lipinski definition) is 9. The van der Waals surface area contributed by atoms with Gasteiger partial charge in [0.15, 0.2) is 0 Å². The fourth-order valence-electron chi connectivity index (χ4n) is 6.96. The van der Waals surface area contributed by atoms with Gasteiger partial charge in [0.05, 0.1) is 22.9 Å². The summed E-state index contributed by atoms with van der Waals surface area (Å²) in [6.45, 7) is 5.71. The van der Waals surface area contributed by atoms with Gasteiger partial charge in [-0.3, -0.25) is 34.2 Å². The number of nitrogens with one attached hydrogen (secondary N) is 4. The summed E-state index contributed by atoms with van der Waals surface area (Å²) in [5.41, 5.74) is 2.15. The second-order valence-electron chi connectivity index (χ2n) is 13.2. The van der Waals surface area contributed by atoms with Crippen LogP contribution in [0.1, 0.15) is 103 Å². The maximum absolute atomic E-state index is 13.5. The molecule has 0 aromatic heterocycles. The number of piperidine rings is 1. The zero-order valence-corrected chi connectivity index (χ0v) is 29.6. The summed E-state index contributed by atoms with van der Waals surface area (Å²) in [5, 5.41) is 12.0. The van der Waals surface area contributed by atoms with Gasteiger partial charge in [-0.05, 0) is 55.6 Å². The van der Waals surface area contributed by atoms with Gasteiger partial charge in [-0.15, -0.1) is 0 Å². The van der Waals surface area contributed by atoms with Crippen LogP contribution in [0.4, 0.5) is 10.1 Å². The van der Waals surface area contributed by atoms with Crippen molar-refractivity contribution in [2.75, 3.05) is 43.9 Å². The van der Waals surface area contributed by atoms with Gasteiger partial charge in [0.2, 0.25) is 17.7 Å². The van der Waals surface area contributed by atoms with E-state index in [1.807, 2.05) is 0 Å². The Kier molecular flexibility index (Phi) is 13.8. The first kappa shape index (κ1) is 37.4. The number of benzene rings is 2. The molecule has 50 heavy (non-hydrogen) atoms. The summed E-state index contributed by atoms with van der Waals surface area (Å²) in [5.74, 6) is -1.54. The quantitative estimate of drug-likeness (QED) is 0.0701. The molecule has 3 aliphatic heterocycles. The van der Waals surface area contributed by atoms with E-state index in [1.54, 1.807) is 42.3 Å². The lowest BCUT2D eigenvalue weighted by molar-refractivity contribution is -0.136. The Morgan fingerprint density at radius 1 is 0.900 bits per heavy atom. The first-order chi connectivity index (χ1) is 24.3. The average Bonchev–Trinajstić information content (AvgIpc) is 3.64. The average molecular weight is 709 g/mol. The van der Waals surface area contributed by atoms with E-state index in [4.69, 9.17) is 0 Å². The van der Waals surface area contributed by atoms with Crippen LogP contribution in [0.15, 0.2) is 42.5 Å². The molecule has 0 radical (unpaired) electrons. The highest BCUT2D eigenvalue weighted by Crippen LogP contribution is 2.36. The lowest BCUT2D eigenvalue weighted by atomic mass is 9.88. The van der Waals surface area contributed by atoms with Gasteiger partial charge in [0.25, 0.3) is 11.8 Å². The number of carbonyl (C=O) groups excluding carboxylic acids is 5. The van der Waals surface area contributed by atoms with Crippen molar-refractivity contribution in [2.45, 2.75) is 83.1 Å². The van der Waals surface area contributed by atoms with Gasteiger partial charge < -0.3 is 16.0 Å². The van der Waals surface area contributed by atoms with Crippen molar-refractivity contribution < 1.29 is 28.4 Å². The van der Waals surface area contributed by atoms with Crippen molar-refractivity contribution >= 4 is 47.2 Å². The van der Waals surface area contributed by atoms with E-state index in [9.17, 15) is 28.4 Å². The maximum Gasteiger partial charge on any atom is 0.264 e. The van der Waals surface area contributed by atoms with Crippen molar-refractivity contribution in [1.82, 2.24) is 25.2 Å². The van der Waals surface area contributed by atoms with Crippen LogP contribution in [0, 0.1) is 11.7 Å². The van der Waals surface area contributed by atoms with E-state index in [1.165, 1.54) is 12.1 Å². The van der Waals surface area contributed by atoms with Crippen LogP contribution >= 0.6 is 11.9 Å². The molecule has 3 atom stereocenters. The SMILES string of the molecule is CCNCSN1CC(C(=O)NCCCCCCCCCCNc2cccc3c2C(=O)N(C2CCC(=O)NC2=O)C3=O)C(c2ccc(F)cc2)C1. The third kappa shape index (κ3) is 9.49. The summed E-state index contributed by atoms with van der Waals surface area (Å²) in [7, 11) is 0. The van der Waals surface area contributed by atoms with Crippen molar-refractivity contribution in [3.8, 4) is 0 Å². The number of unbranched alkanes of at least 4 members (excludes halogenated alkanes) is 7. The molecule has 0 spiro atoms. The predicted octanol–water partition coefficient (Wildman–Crippen LogP) is 4.81. The Hall–Kier alpha value is -3.81. The zero-order chi connectivity index (χ0) is 35.5. The van der Waals surface area contributed by atoms with Crippen LogP contribution in [-0.2, 0) is 14.4 Å². The van der Waals surface area contributed by atoms with Crippen LogP contribution in [0.25, 0.3) is 0 Å². The lowest BCUT2D eigenvalue weighted by Gasteiger charge is -2.27. The Bertz CT molecular complexity index is 1520. The summed E-state index contributed by atoms with van der Waals surface area (Å²) in [4.78, 5) is 64.4. The van der Waals surface area contributed by atoms with E-state index in [0.717, 1.165) is 80.8 Å². The molecule has 0 bridgehead atoms. The van der Waals surface area contributed by atoms with Crippen LogP contribution in [0.5, 0.6) is 0 Å². The van der Waals surface area contributed by atoms with Crippen molar-refractivity contribution in [2.24, 2.45) is 5.92 Å². The molecule has 5 rings (SSSR count). The number of fused-ring (bicyclic) bond motifs is 1. The molecule has 270 valence electrons. The van der Waals surface area contributed by atoms with Gasteiger partial charge >= 0.3 is 0 Å². The molecular weight excluding hydrogens is 660 g/mol. The molecule has 2 fully saturated rings. The van der Waals surface area contributed by atoms with Crippen LogP contribution in [0.2, 0.25) is 0 Å². The normalized spacial score (nSPS) is 20.7. The predicted molar refractivity (Wildman–Crippen MR) is 192 cm³/mol. The summed E-state index contributed by atoms with van der Waals surface area (Å²) in [6, 6.07) is 10.7. The number of carbonyl (C=O) groups is 5. The first-order valence-corrected chi connectivity index (χ1v) is 18.9. The summed E-state index contributed by atoms with van der Waals surface area (Å²) >= 11 is 1.71. The number of hydrogen-bond donors (Lipinski definition) is 4. The highest BCUT2D eigenvalue weighted by molar-refractivity contribution is 7.96. The topological polar surface area (TPSA) is 140 Å². The molecule has 3 aliphatic rings. The fourth-order valence-corrected chi connectivity index (χ4v) is 7.97. The molecule has 4 N–H and O–H groups in total. The molecular formula is C37H49FN6O5S. The number of halogens is 1. The molecule has 0 aliphatic carbocycles. The van der Waals surface area contributed by atoms with E-state index >= 15 is 0 Å². The smallest absolute Gasteiger partial charge is 0.264 e. The summed E-state index contributed by atoms with van der Waals surface area (Å²) < 4.78 is 15.8. The third-order valence-electron chi connectivity index (χ3n) is 9.71. The maximum atomic E-state index is 13.5. The van der Waals surface area contributed by atoms with Gasteiger partial charge in [0, 0.05) is 44.2 Å². The van der Waals surface area contributed by atoms with E-state index < -0.39 is 29.7 Å². The standard InChI is InChI=1S/C37H49FN6O5S/c1-2-39-24-50-43-22-28(25-14-16-26(38)17-15-25)29(23-43)34(46)41-21-10-8-6-4-3-5-7-9-20-40-30-13-11-12-27-33(30)37(49)44(36(27)48)31-18-19-32(45)42-35(31)47/h11-17,28-29,31,39-40H,2-10,18-24H2,1H3,(H,41,46)(H,42,45,47). The minimum absolute atomic E-state index is 0.0375. The highest BCUT2D eigenvalue weighted by Gasteiger charge is 2.45. The minimum atomic E-state index is -0.978. The van der Waals surface area contributed by atoms with Gasteiger partial charge in [-0.2, -0.15) is 0 Å². The second kappa shape index (κ2) is 18.4. The Labute approximate surface area is 298 Å². The monoisotopic (exact) mass is 708 g/mol. The van der Waals surface area contributed by atoms with Crippen molar-refractivity contribution in [3.63, 3.8) is 0 Å². The number of nitrogens with zero attached hydrogens (tertiary/aromatic N) is 2. The van der Waals surface area contributed by atoms with Crippen molar-refractivity contribution in [1.29, 1.82) is 0 Å². The van der Waals surface area contributed by atoms with E-state index in [-0.39, 0.29) is 47.5 Å². The Morgan fingerprint density at radius 3 is 2.30 bits per heavy atom. The third-order valence-corrected chi connectivity index (χ3v) is 10.7. The molecule has 5 amide bonds. The number of imide groups is 2. The van der Waals surface area contributed by atoms with E-state index in [2.05, 4.69) is 32.5 Å². The molecule has 3 unspecified atom stereocenters. The largest absolute Gasteiger partial charge is 0.384 e. The van der Waals surface area contributed by atoms with Crippen LogP contribution in [0.3, 0.4) is 0 Å². The summed E-state index contributed by atoms with van der Waals surface area (Å²) in [6.07, 6.45) is 8.63. The lowest BCUT2D eigenvalue weighted by Crippen LogP contribution is -2.54. The van der Waals surface area contributed by atoms with Crippen molar-refractivity contribution in [3.05, 3.63) is 65.0 Å². The first-order valence-electron chi connectivity index (χ1n) is 18.0. The number of amides is 5. The molecule has 0 saturated carbocycles. The number of anilines is 1. The molecule has 2 aromatic rings. The van der Waals surface area contributed by atoms with Gasteiger partial charge in [-0.1, -0.05) is 75.6 Å². The molecule has 13 heteroatoms. The molecule has 3 heterocycles. The Balaban J connectivity index is 0.944. The van der Waals surface area contributed by atoms with Gasteiger partial charge in [-0.25, -0.2) is 8.70 Å². The van der Waals surface area contributed by atoms with E-state index in [0.29, 0.717) is 25.3 Å². The van der Waals surface area contributed by atoms with Gasteiger partial charge in [0.1, 0.15) is 11.9 Å². The minimum Gasteiger partial charge on any atom is -0.384 e. The zero-order valence-electron chi connectivity index (χ0n) is 28.8. The molecule has 11 nitrogen and oxygen atoms in total. The second-order valence-corrected chi connectivity index (χ2v) is 14.3. The fraction of sp³-hybridized carbons (Fsp3) is 0.541. The molecule has 2 aromatic carbocycles. The van der Waals surface area contributed by atoms with Crippen LogP contribution < -0.4 is 21.3 Å². The molecule has 2 saturated heterocycles. The highest BCUT2D eigenvalue weighted by atomic mass is 32.2.